The monoisotopic (exact) mass is 651 g/mol. The molecule has 10 nitrogen and oxygen atoms in total. The van der Waals surface area contributed by atoms with Gasteiger partial charge in [0.25, 0.3) is 0 Å². The summed E-state index contributed by atoms with van der Waals surface area (Å²) in [5.74, 6) is -0.474. The molecule has 1 unspecified atom stereocenters. The third-order valence-electron chi connectivity index (χ3n) is 9.31. The Bertz CT molecular complexity index is 1650. The molecule has 2 amide bonds. The fraction of sp³-hybridized carbons (Fsp3) is 0.421. The Morgan fingerprint density at radius 3 is 2.40 bits per heavy atom. The maximum Gasteiger partial charge on any atom is 0.240 e. The molecule has 1 fully saturated rings. The number of rotatable bonds is 14. The molecule has 1 aliphatic heterocycles. The molecule has 10 heteroatoms. The molecular formula is C38H49N7O3. The quantitative estimate of drug-likeness (QED) is 0.153. The number of primary amides is 1. The van der Waals surface area contributed by atoms with Gasteiger partial charge in [-0.3, -0.25) is 14.6 Å². The van der Waals surface area contributed by atoms with Crippen LogP contribution in [0.25, 0.3) is 16.9 Å². The number of nitrogens with two attached hydrogens (primary N) is 1. The summed E-state index contributed by atoms with van der Waals surface area (Å²) >= 11 is 0. The summed E-state index contributed by atoms with van der Waals surface area (Å²) in [4.78, 5) is 34.8. The Balaban J connectivity index is 1.29. The molecule has 0 aliphatic carbocycles. The van der Waals surface area contributed by atoms with Crippen LogP contribution >= 0.6 is 0 Å². The van der Waals surface area contributed by atoms with E-state index in [0.717, 1.165) is 54.0 Å². The third kappa shape index (κ3) is 8.80. The first-order chi connectivity index (χ1) is 23.0. The van der Waals surface area contributed by atoms with Crippen LogP contribution in [0.5, 0.6) is 5.75 Å². The molecule has 2 atom stereocenters. The molecule has 1 aliphatic rings. The number of carbonyl (C=O) groups is 2. The van der Waals surface area contributed by atoms with E-state index in [1.54, 1.807) is 41.6 Å². The molecule has 4 N–H and O–H groups in total. The lowest BCUT2D eigenvalue weighted by Gasteiger charge is -2.32. The molecule has 2 aromatic heterocycles. The van der Waals surface area contributed by atoms with E-state index in [2.05, 4.69) is 67.3 Å². The number of phenolic OH excluding ortho intramolecular Hbond substituents is 1. The van der Waals surface area contributed by atoms with Crippen molar-refractivity contribution in [2.24, 2.45) is 5.73 Å². The van der Waals surface area contributed by atoms with E-state index in [-0.39, 0.29) is 23.5 Å². The maximum absolute atomic E-state index is 13.8. The van der Waals surface area contributed by atoms with Gasteiger partial charge in [0, 0.05) is 49.9 Å². The van der Waals surface area contributed by atoms with Crippen LogP contribution in [-0.2, 0) is 21.4 Å². The summed E-state index contributed by atoms with van der Waals surface area (Å²) in [6.45, 7) is 8.62. The molecule has 254 valence electrons. The highest BCUT2D eigenvalue weighted by molar-refractivity contribution is 5.87. The summed E-state index contributed by atoms with van der Waals surface area (Å²) in [7, 11) is 2.11. The lowest BCUT2D eigenvalue weighted by Crippen LogP contribution is -2.50. The number of nitrogens with zero attached hydrogens (tertiary/aromatic N) is 5. The number of amides is 2. The first-order valence-corrected chi connectivity index (χ1v) is 16.9. The number of aromatic hydroxyl groups is 1. The Morgan fingerprint density at radius 1 is 1.06 bits per heavy atom. The van der Waals surface area contributed by atoms with Gasteiger partial charge >= 0.3 is 0 Å². The van der Waals surface area contributed by atoms with Gasteiger partial charge in [-0.15, -0.1) is 0 Å². The van der Waals surface area contributed by atoms with Crippen LogP contribution in [0, 0.1) is 0 Å². The van der Waals surface area contributed by atoms with Crippen molar-refractivity contribution in [3.63, 3.8) is 0 Å². The zero-order chi connectivity index (χ0) is 34.3. The number of hydrogen-bond acceptors (Lipinski definition) is 7. The Hall–Kier alpha value is -4.70. The predicted molar refractivity (Wildman–Crippen MR) is 190 cm³/mol. The number of phenols is 1. The van der Waals surface area contributed by atoms with E-state index in [1.165, 1.54) is 5.56 Å². The third-order valence-corrected chi connectivity index (χ3v) is 9.31. The highest BCUT2D eigenvalue weighted by Crippen LogP contribution is 2.29. The molecule has 5 rings (SSSR count). The summed E-state index contributed by atoms with van der Waals surface area (Å²) in [6.07, 6.45) is 9.60. The van der Waals surface area contributed by atoms with E-state index < -0.39 is 11.9 Å². The van der Waals surface area contributed by atoms with Crippen LogP contribution in [0.3, 0.4) is 0 Å². The van der Waals surface area contributed by atoms with E-state index in [4.69, 9.17) is 10.8 Å². The van der Waals surface area contributed by atoms with Crippen molar-refractivity contribution in [2.75, 3.05) is 32.0 Å². The number of benzene rings is 2. The number of hydrogen-bond donors (Lipinski definition) is 3. The van der Waals surface area contributed by atoms with E-state index >= 15 is 0 Å². The van der Waals surface area contributed by atoms with Gasteiger partial charge in [0.15, 0.2) is 0 Å². The highest BCUT2D eigenvalue weighted by atomic mass is 16.3. The highest BCUT2D eigenvalue weighted by Gasteiger charge is 2.30. The van der Waals surface area contributed by atoms with Gasteiger partial charge in [-0.05, 0) is 92.2 Å². The smallest absolute Gasteiger partial charge is 0.240 e. The molecule has 48 heavy (non-hydrogen) atoms. The molecule has 0 radical (unpaired) electrons. The fourth-order valence-corrected chi connectivity index (χ4v) is 6.39. The maximum atomic E-state index is 13.8. The minimum absolute atomic E-state index is 0.0560. The van der Waals surface area contributed by atoms with Crippen molar-refractivity contribution < 1.29 is 14.7 Å². The van der Waals surface area contributed by atoms with E-state index in [1.807, 2.05) is 23.0 Å². The first-order valence-electron chi connectivity index (χ1n) is 16.9. The van der Waals surface area contributed by atoms with E-state index in [0.29, 0.717) is 32.0 Å². The number of anilines is 1. The normalized spacial score (nSPS) is 15.7. The van der Waals surface area contributed by atoms with Gasteiger partial charge in [0.05, 0.1) is 17.6 Å². The topological polar surface area (TPSA) is 130 Å². The minimum Gasteiger partial charge on any atom is -0.508 e. The summed E-state index contributed by atoms with van der Waals surface area (Å²) in [5, 5.41) is 18.2. The second kappa shape index (κ2) is 15.5. The van der Waals surface area contributed by atoms with Crippen LogP contribution in [0.4, 0.5) is 5.69 Å². The van der Waals surface area contributed by atoms with Crippen molar-refractivity contribution in [1.82, 2.24) is 24.6 Å². The van der Waals surface area contributed by atoms with Gasteiger partial charge in [0.1, 0.15) is 17.5 Å². The largest absolute Gasteiger partial charge is 0.508 e. The SMILES string of the molecule is CN1CCCC1CCN(C(=O)CCCNc1cn(-c2ccc(C(C)(C)C)cc2)nc1-c1ccncc1)[C@@H](Cc1ccc(O)cc1)C(N)=O. The summed E-state index contributed by atoms with van der Waals surface area (Å²) in [6, 6.07) is 18.6. The first kappa shape index (κ1) is 34.6. The van der Waals surface area contributed by atoms with Crippen molar-refractivity contribution in [1.29, 1.82) is 0 Å². The number of nitrogens with one attached hydrogen (secondary N) is 1. The van der Waals surface area contributed by atoms with Crippen LogP contribution in [-0.4, -0.2) is 80.3 Å². The van der Waals surface area contributed by atoms with Crippen LogP contribution in [0.15, 0.2) is 79.3 Å². The Labute approximate surface area is 284 Å². The van der Waals surface area contributed by atoms with Gasteiger partial charge < -0.3 is 26.0 Å². The van der Waals surface area contributed by atoms with Crippen molar-refractivity contribution in [3.05, 3.63) is 90.4 Å². The standard InChI is InChI=1S/C38H49N7O3/c1-38(2,3)29-11-13-31(14-12-29)45-26-33(36(42-45)28-17-21-40-22-18-28)41-20-5-8-35(47)44(24-19-30-7-6-23-43(30)4)34(37(39)48)25-27-9-15-32(46)16-10-27/h9-18,21-22,26,30,34,41,46H,5-8,19-20,23-25H2,1-4H3,(H2,39,48)/t30?,34-/m0/s1. The minimum atomic E-state index is -0.775. The molecule has 0 spiro atoms. The van der Waals surface area contributed by atoms with Crippen molar-refractivity contribution in [2.45, 2.75) is 76.8 Å². The molecule has 2 aromatic carbocycles. The van der Waals surface area contributed by atoms with E-state index in [9.17, 15) is 14.7 Å². The molecule has 0 saturated carbocycles. The second-order valence-corrected chi connectivity index (χ2v) is 13.8. The van der Waals surface area contributed by atoms with Gasteiger partial charge in [-0.1, -0.05) is 45.0 Å². The number of pyridine rings is 1. The van der Waals surface area contributed by atoms with Crippen molar-refractivity contribution >= 4 is 17.5 Å². The molecule has 0 bridgehead atoms. The molecular weight excluding hydrogens is 602 g/mol. The summed E-state index contributed by atoms with van der Waals surface area (Å²) < 4.78 is 1.87. The van der Waals surface area contributed by atoms with Crippen LogP contribution in [0.1, 0.15) is 64.0 Å². The van der Waals surface area contributed by atoms with Crippen LogP contribution < -0.4 is 11.1 Å². The van der Waals surface area contributed by atoms with Gasteiger partial charge in [-0.2, -0.15) is 5.10 Å². The number of carbonyl (C=O) groups excluding carboxylic acids is 2. The van der Waals surface area contributed by atoms with Gasteiger partial charge in [0.2, 0.25) is 11.8 Å². The van der Waals surface area contributed by atoms with Crippen LogP contribution in [0.2, 0.25) is 0 Å². The summed E-state index contributed by atoms with van der Waals surface area (Å²) in [5.41, 5.74) is 11.6. The lowest BCUT2D eigenvalue weighted by atomic mass is 9.87. The van der Waals surface area contributed by atoms with Crippen molar-refractivity contribution in [3.8, 4) is 22.7 Å². The molecule has 3 heterocycles. The second-order valence-electron chi connectivity index (χ2n) is 13.8. The number of likely N-dealkylation sites (tertiary alicyclic amines) is 1. The zero-order valence-corrected chi connectivity index (χ0v) is 28.6. The van der Waals surface area contributed by atoms with Gasteiger partial charge in [-0.25, -0.2) is 4.68 Å². The lowest BCUT2D eigenvalue weighted by molar-refractivity contribution is -0.139. The average molecular weight is 652 g/mol. The Morgan fingerprint density at radius 2 is 1.77 bits per heavy atom. The zero-order valence-electron chi connectivity index (χ0n) is 28.6. The predicted octanol–water partition coefficient (Wildman–Crippen LogP) is 5.54. The fourth-order valence-electron chi connectivity index (χ4n) is 6.39. The average Bonchev–Trinajstić information content (AvgIpc) is 3.69. The number of aromatic nitrogens is 3. The molecule has 4 aromatic rings. The molecule has 1 saturated heterocycles. The Kier molecular flexibility index (Phi) is 11.2.